The van der Waals surface area contributed by atoms with Crippen LogP contribution < -0.4 is 40.7 Å². The van der Waals surface area contributed by atoms with E-state index in [1.54, 1.807) is 18.2 Å². The van der Waals surface area contributed by atoms with Gasteiger partial charge in [0.25, 0.3) is 0 Å². The van der Waals surface area contributed by atoms with Crippen LogP contribution >= 0.6 is 23.5 Å². The van der Waals surface area contributed by atoms with Crippen LogP contribution in [-0.2, 0) is 13.7 Å². The van der Waals surface area contributed by atoms with Crippen molar-refractivity contribution in [2.75, 3.05) is 0 Å². The molecule has 0 fully saturated rings. The van der Waals surface area contributed by atoms with Gasteiger partial charge >= 0.3 is 23.5 Å². The molecule has 14 N–H and O–H groups in total. The van der Waals surface area contributed by atoms with Gasteiger partial charge in [0.15, 0.2) is 27.1 Å². The third kappa shape index (κ3) is 19.1. The van der Waals surface area contributed by atoms with Crippen molar-refractivity contribution >= 4 is 78.3 Å². The maximum Gasteiger partial charge on any atom is 0.524 e. The van der Waals surface area contributed by atoms with Crippen LogP contribution in [0.3, 0.4) is 0 Å². The van der Waals surface area contributed by atoms with E-state index in [-0.39, 0.29) is 118 Å². The molecule has 0 bridgehead atoms. The van der Waals surface area contributed by atoms with Gasteiger partial charge in [-0.1, -0.05) is 60.7 Å². The lowest BCUT2D eigenvalue weighted by Crippen LogP contribution is -2.01. The highest BCUT2D eigenvalue weighted by atomic mass is 31.2. The number of phenols is 8. The molecule has 0 atom stereocenters. The molecule has 0 aliphatic heterocycles. The van der Waals surface area contributed by atoms with Crippen molar-refractivity contribution in [2.45, 2.75) is 0 Å². The van der Waals surface area contributed by atoms with E-state index in [4.69, 9.17) is 51.4 Å². The Morgan fingerprint density at radius 2 is 0.537 bits per heavy atom. The molecule has 0 saturated heterocycles. The summed E-state index contributed by atoms with van der Waals surface area (Å²) in [5.41, 5.74) is 1.99. The minimum absolute atomic E-state index is 0.00513. The van der Waals surface area contributed by atoms with Gasteiger partial charge < -0.3 is 76.5 Å². The number of phosphoric acid groups is 3. The lowest BCUT2D eigenvalue weighted by Gasteiger charge is -2.09. The molecule has 10 aromatic carbocycles. The van der Waals surface area contributed by atoms with E-state index in [1.165, 1.54) is 121 Å². The number of fused-ring (bicyclic) bond motifs is 5. The summed E-state index contributed by atoms with van der Waals surface area (Å²) in [5.74, 6) is -0.458. The van der Waals surface area contributed by atoms with Crippen LogP contribution in [0.4, 0.5) is 0 Å². The molecule has 30 nitrogen and oxygen atoms in total. The van der Waals surface area contributed by atoms with Crippen LogP contribution in [0.15, 0.2) is 283 Å². The highest BCUT2D eigenvalue weighted by Gasteiger charge is 2.22. The molecule has 5 aromatic heterocycles. The molecular formula is C75H53O30P3. The predicted octanol–water partition coefficient (Wildman–Crippen LogP) is 13.4. The van der Waals surface area contributed by atoms with Crippen molar-refractivity contribution in [3.8, 4) is 120 Å². The van der Waals surface area contributed by atoms with E-state index in [2.05, 4.69) is 13.6 Å². The minimum Gasteiger partial charge on any atom is -0.508 e. The molecule has 0 radical (unpaired) electrons. The fraction of sp³-hybridized carbons (Fsp3) is 0. The van der Waals surface area contributed by atoms with Gasteiger partial charge in [-0.25, -0.2) is 13.7 Å². The monoisotopic (exact) mass is 1530 g/mol. The molecule has 0 aliphatic carbocycles. The average molecular weight is 1530 g/mol. The number of rotatable bonds is 11. The van der Waals surface area contributed by atoms with E-state index >= 15 is 0 Å². The standard InChI is InChI=1S/2C15H11O8P.C15H11O6P.C15H10O5.C15H10O3/c16-9-5-11(17)15-12(18)7-13(22-14(15)6-9)8-1-3-10(4-2-8)23-24(19,20)21;16-9-3-1-8(2-4-9)13-7-12(18)15-11(17)5-10(6-14(15)22-13)23-24(19,20)21;16-13-9-15(10-4-2-1-3-5-10)20-14-7-6-11(8-12(13)14)21-22(17,18)19;16-9-3-1-8(2-4-9)13-7-12(19)15-11(18)5-10(17)6-14(15)20-13;16-11-6-7-14-12(8-11)13(17)9-15(18-14)10-4-2-1-3-5-10/h2*1-7,16-17H,(H2,19,20,21);1-9H,(H2,17,18,19);1-7,16-18H;1-9,16H. The van der Waals surface area contributed by atoms with Crippen LogP contribution in [0.25, 0.3) is 111 Å². The van der Waals surface area contributed by atoms with Crippen molar-refractivity contribution in [1.29, 1.82) is 0 Å². The zero-order chi connectivity index (χ0) is 77.5. The summed E-state index contributed by atoms with van der Waals surface area (Å²) in [7, 11) is -14.2. The smallest absolute Gasteiger partial charge is 0.508 e. The Kier molecular flexibility index (Phi) is 22.0. The number of benzene rings is 10. The van der Waals surface area contributed by atoms with Crippen LogP contribution in [0.5, 0.6) is 63.2 Å². The average Bonchev–Trinajstić information content (AvgIpc) is 0.802. The van der Waals surface area contributed by atoms with Gasteiger partial charge in [-0.05, 0) is 109 Å². The summed E-state index contributed by atoms with van der Waals surface area (Å²) < 4.78 is 73.7. The van der Waals surface area contributed by atoms with Gasteiger partial charge in [-0.15, -0.1) is 0 Å². The highest BCUT2D eigenvalue weighted by Crippen LogP contribution is 2.43. The van der Waals surface area contributed by atoms with Crippen LogP contribution in [-0.4, -0.2) is 70.2 Å². The number of phenolic OH excluding ortho intramolecular Hbond substituents is 8. The molecule has 15 rings (SSSR count). The molecule has 548 valence electrons. The summed E-state index contributed by atoms with van der Waals surface area (Å²) in [6.45, 7) is 0. The molecule has 0 aliphatic rings. The number of hydrogen-bond donors (Lipinski definition) is 14. The maximum absolute atomic E-state index is 12.2. The highest BCUT2D eigenvalue weighted by molar-refractivity contribution is 7.47. The first-order valence-electron chi connectivity index (χ1n) is 30.9. The van der Waals surface area contributed by atoms with E-state index < -0.39 is 51.3 Å². The Balaban J connectivity index is 0.000000135. The van der Waals surface area contributed by atoms with Gasteiger partial charge in [0.2, 0.25) is 0 Å². The zero-order valence-electron chi connectivity index (χ0n) is 54.7. The van der Waals surface area contributed by atoms with Crippen LogP contribution in [0.1, 0.15) is 0 Å². The first-order chi connectivity index (χ1) is 51.2. The molecule has 0 saturated carbocycles. The summed E-state index contributed by atoms with van der Waals surface area (Å²) in [6, 6.07) is 57.5. The fourth-order valence-corrected chi connectivity index (χ4v) is 11.6. The summed E-state index contributed by atoms with van der Waals surface area (Å²) in [5, 5.41) is 76.5. The molecule has 108 heavy (non-hydrogen) atoms. The third-order valence-corrected chi connectivity index (χ3v) is 16.4. The molecule has 15 aromatic rings. The van der Waals surface area contributed by atoms with Crippen molar-refractivity contribution in [1.82, 2.24) is 0 Å². The summed E-state index contributed by atoms with van der Waals surface area (Å²) >= 11 is 0. The Hall–Kier alpha value is -13.5. The molecule has 0 amide bonds. The lowest BCUT2D eigenvalue weighted by molar-refractivity contribution is 0.280. The molecule has 33 heteroatoms. The van der Waals surface area contributed by atoms with E-state index in [0.29, 0.717) is 44.8 Å². The Labute approximate surface area is 602 Å². The van der Waals surface area contributed by atoms with E-state index in [0.717, 1.165) is 47.5 Å². The lowest BCUT2D eigenvalue weighted by atomic mass is 10.1. The largest absolute Gasteiger partial charge is 0.524 e. The number of phosphoric ester groups is 3. The quantitative estimate of drug-likeness (QED) is 0.0535. The topological polar surface area (TPSA) is 513 Å². The van der Waals surface area contributed by atoms with Gasteiger partial charge in [0.05, 0.1) is 10.8 Å². The van der Waals surface area contributed by atoms with Crippen molar-refractivity contribution < 1.29 is 120 Å². The maximum atomic E-state index is 12.2. The first-order valence-corrected chi connectivity index (χ1v) is 35.5. The number of hydrogen-bond acceptors (Lipinski definition) is 24. The van der Waals surface area contributed by atoms with Gasteiger partial charge in [0.1, 0.15) is 136 Å². The second kappa shape index (κ2) is 31.4. The number of aromatic hydroxyl groups is 8. The van der Waals surface area contributed by atoms with Gasteiger partial charge in [0, 0.05) is 94.5 Å². The molecule has 0 unspecified atom stereocenters. The normalized spacial score (nSPS) is 11.3. The van der Waals surface area contributed by atoms with Crippen molar-refractivity contribution in [3.05, 3.63) is 288 Å². The first kappa shape index (κ1) is 75.7. The van der Waals surface area contributed by atoms with E-state index in [9.17, 15) is 78.5 Å². The van der Waals surface area contributed by atoms with Crippen molar-refractivity contribution in [2.24, 2.45) is 0 Å². The van der Waals surface area contributed by atoms with Gasteiger partial charge in [-0.3, -0.25) is 53.3 Å². The molecular weight excluding hydrogens is 1470 g/mol. The van der Waals surface area contributed by atoms with E-state index in [1.807, 2.05) is 60.7 Å². The predicted molar refractivity (Wildman–Crippen MR) is 391 cm³/mol. The zero-order valence-corrected chi connectivity index (χ0v) is 57.3. The minimum atomic E-state index is -4.83. The summed E-state index contributed by atoms with van der Waals surface area (Å²) in [6.07, 6.45) is 0. The fourth-order valence-electron chi connectivity index (χ4n) is 10.4. The second-order valence-electron chi connectivity index (χ2n) is 22.8. The SMILES string of the molecule is O=c1cc(-c2ccc(O)cc2)oc2cc(O)cc(O)c12.O=c1cc(-c2ccc(O)cc2)oc2cc(OP(=O)(O)O)cc(O)c12.O=c1cc(-c2ccc(OP(=O)(O)O)cc2)oc2cc(O)cc(O)c12.O=c1cc(-c2ccccc2)oc2ccc(O)cc12.O=c1cc(-c2ccccc2)oc2ccc(OP(=O)(O)O)cc12. The Morgan fingerprint density at radius 3 is 0.935 bits per heavy atom. The third-order valence-electron chi connectivity index (χ3n) is 15.0. The van der Waals surface area contributed by atoms with Crippen molar-refractivity contribution in [3.63, 3.8) is 0 Å². The molecule has 0 spiro atoms. The Morgan fingerprint density at radius 1 is 0.241 bits per heavy atom. The Bertz CT molecular complexity index is 6360. The second-order valence-corrected chi connectivity index (χ2v) is 26.3. The van der Waals surface area contributed by atoms with Crippen LogP contribution in [0, 0.1) is 0 Å². The van der Waals surface area contributed by atoms with Gasteiger partial charge in [-0.2, -0.15) is 0 Å². The summed E-state index contributed by atoms with van der Waals surface area (Å²) in [4.78, 5) is 113. The van der Waals surface area contributed by atoms with Crippen LogP contribution in [0.2, 0.25) is 0 Å². The molecule has 5 heterocycles.